The van der Waals surface area contributed by atoms with Gasteiger partial charge in [0, 0.05) is 47.1 Å². The number of alkyl halides is 1. The van der Waals surface area contributed by atoms with E-state index in [1.54, 1.807) is 52.1 Å². The molecule has 0 aromatic heterocycles. The molecule has 0 aliphatic carbocycles. The molecule has 0 bridgehead atoms. The van der Waals surface area contributed by atoms with Gasteiger partial charge in [0.25, 0.3) is 5.91 Å². The predicted octanol–water partition coefficient (Wildman–Crippen LogP) is 2.26. The molecular formula is C38H60FN5O8. The highest BCUT2D eigenvalue weighted by Gasteiger charge is 2.53. The van der Waals surface area contributed by atoms with Crippen molar-refractivity contribution in [2.75, 3.05) is 40.9 Å². The molecule has 14 heteroatoms. The molecule has 2 fully saturated rings. The second kappa shape index (κ2) is 19.0. The Labute approximate surface area is 307 Å². The SMILES string of the molecule is CC[C@H](C)[C@@H]([C@@H](CC(=O)[C@@]1([C@H](OC)[C@@H](C)C(=O)N[C@@H](Cc2ccccc2)C(=O)O)CCCN1)OC)N(C)C(=O)[C@@H](NC(=O)[C@]1(F)CCNC1)C(C)C. The van der Waals surface area contributed by atoms with Gasteiger partial charge in [-0.15, -0.1) is 0 Å². The van der Waals surface area contributed by atoms with Gasteiger partial charge in [0.2, 0.25) is 17.5 Å². The number of Topliss-reactive ketones (excluding diaryl/α,β-unsaturated/α-hetero) is 1. The molecule has 13 nitrogen and oxygen atoms in total. The summed E-state index contributed by atoms with van der Waals surface area (Å²) in [4.78, 5) is 69.0. The lowest BCUT2D eigenvalue weighted by atomic mass is 9.76. The molecule has 292 valence electrons. The topological polar surface area (TPSA) is 175 Å². The van der Waals surface area contributed by atoms with E-state index in [0.717, 1.165) is 5.56 Å². The van der Waals surface area contributed by atoms with Crippen molar-refractivity contribution in [3.63, 3.8) is 0 Å². The Morgan fingerprint density at radius 1 is 1.00 bits per heavy atom. The van der Waals surface area contributed by atoms with Gasteiger partial charge in [-0.3, -0.25) is 19.2 Å². The van der Waals surface area contributed by atoms with Crippen molar-refractivity contribution in [2.45, 2.75) is 115 Å². The molecule has 2 saturated heterocycles. The molecule has 1 aromatic carbocycles. The summed E-state index contributed by atoms with van der Waals surface area (Å²) in [5.41, 5.74) is -2.64. The van der Waals surface area contributed by atoms with E-state index < -0.39 is 71.1 Å². The normalized spacial score (nSPS) is 24.3. The van der Waals surface area contributed by atoms with Crippen LogP contribution in [0.25, 0.3) is 0 Å². The largest absolute Gasteiger partial charge is 0.480 e. The third kappa shape index (κ3) is 9.94. The van der Waals surface area contributed by atoms with E-state index in [2.05, 4.69) is 21.3 Å². The Morgan fingerprint density at radius 3 is 2.17 bits per heavy atom. The molecule has 9 atom stereocenters. The van der Waals surface area contributed by atoms with Gasteiger partial charge in [-0.05, 0) is 43.3 Å². The predicted molar refractivity (Wildman–Crippen MR) is 194 cm³/mol. The van der Waals surface area contributed by atoms with Crippen molar-refractivity contribution in [3.05, 3.63) is 35.9 Å². The van der Waals surface area contributed by atoms with E-state index in [9.17, 15) is 29.1 Å². The summed E-state index contributed by atoms with van der Waals surface area (Å²) >= 11 is 0. The number of amides is 3. The Kier molecular flexibility index (Phi) is 15.7. The fourth-order valence-electron chi connectivity index (χ4n) is 7.68. The number of benzene rings is 1. The average molecular weight is 734 g/mol. The van der Waals surface area contributed by atoms with Gasteiger partial charge in [-0.25, -0.2) is 9.18 Å². The summed E-state index contributed by atoms with van der Waals surface area (Å²) in [5, 5.41) is 21.4. The van der Waals surface area contributed by atoms with Crippen molar-refractivity contribution in [1.82, 2.24) is 26.2 Å². The average Bonchev–Trinajstić information content (AvgIpc) is 3.80. The number of aliphatic carboxylic acids is 1. The zero-order chi connectivity index (χ0) is 38.8. The minimum atomic E-state index is -2.10. The number of hydrogen-bond donors (Lipinski definition) is 5. The van der Waals surface area contributed by atoms with Gasteiger partial charge in [0.05, 0.1) is 24.2 Å². The van der Waals surface area contributed by atoms with E-state index in [1.165, 1.54) is 19.1 Å². The molecule has 1 aromatic rings. The molecule has 52 heavy (non-hydrogen) atoms. The lowest BCUT2D eigenvalue weighted by Gasteiger charge is -2.42. The first-order valence-electron chi connectivity index (χ1n) is 18.4. The number of carbonyl (C=O) groups is 5. The highest BCUT2D eigenvalue weighted by Crippen LogP contribution is 2.34. The summed E-state index contributed by atoms with van der Waals surface area (Å²) in [5.74, 6) is -4.68. The molecule has 3 rings (SSSR count). The van der Waals surface area contributed by atoms with Crippen LogP contribution in [-0.2, 0) is 39.9 Å². The molecule has 2 aliphatic rings. The lowest BCUT2D eigenvalue weighted by Crippen LogP contribution is -2.63. The number of ether oxygens (including phenoxy) is 2. The maximum atomic E-state index is 15.3. The number of hydrogen-bond acceptors (Lipinski definition) is 9. The van der Waals surface area contributed by atoms with Crippen LogP contribution in [0.15, 0.2) is 30.3 Å². The lowest BCUT2D eigenvalue weighted by molar-refractivity contribution is -0.149. The number of nitrogens with zero attached hydrogens (tertiary/aromatic N) is 1. The molecule has 2 heterocycles. The van der Waals surface area contributed by atoms with Gasteiger partial charge >= 0.3 is 5.97 Å². The minimum Gasteiger partial charge on any atom is -0.480 e. The van der Waals surface area contributed by atoms with E-state index >= 15 is 4.39 Å². The fourth-order valence-corrected chi connectivity index (χ4v) is 7.68. The first-order chi connectivity index (χ1) is 24.6. The number of methoxy groups -OCH3 is 2. The number of likely N-dealkylation sites (N-methyl/N-ethyl adjacent to an activating group) is 1. The standard InChI is InChI=1S/C38H60FN5O8/c1-9-24(4)31(44(6)34(47)30(23(2)3)43-36(50)37(39)17-19-40-22-37)28(51-7)21-29(45)38(16-13-18-41-38)32(52-8)25(5)33(46)42-27(35(48)49)20-26-14-11-10-12-15-26/h10-12,14-15,23-25,27-28,30-32,40-41H,9,13,16-22H2,1-8H3,(H,42,46)(H,43,50)(H,48,49)/t24-,25+,27-,28+,30-,31-,32+,37-,38+/m0/s1. The first-order valence-corrected chi connectivity index (χ1v) is 18.4. The third-order valence-corrected chi connectivity index (χ3v) is 11.0. The van der Waals surface area contributed by atoms with Crippen molar-refractivity contribution in [1.29, 1.82) is 0 Å². The molecule has 5 N–H and O–H groups in total. The number of carboxylic acids is 1. The highest BCUT2D eigenvalue weighted by atomic mass is 19.1. The number of rotatable bonds is 20. The Morgan fingerprint density at radius 2 is 1.67 bits per heavy atom. The van der Waals surface area contributed by atoms with Gasteiger partial charge in [0.15, 0.2) is 5.78 Å². The number of carbonyl (C=O) groups excluding carboxylic acids is 4. The zero-order valence-electron chi connectivity index (χ0n) is 32.0. The van der Waals surface area contributed by atoms with Gasteiger partial charge in [-0.1, -0.05) is 71.4 Å². The summed E-state index contributed by atoms with van der Waals surface area (Å²) in [6.45, 7) is 9.84. The number of nitrogens with one attached hydrogen (secondary N) is 4. The van der Waals surface area contributed by atoms with Crippen molar-refractivity contribution >= 4 is 29.5 Å². The molecular weight excluding hydrogens is 673 g/mol. The third-order valence-electron chi connectivity index (χ3n) is 11.0. The summed E-state index contributed by atoms with van der Waals surface area (Å²) in [7, 11) is 4.51. The molecule has 2 aliphatic heterocycles. The zero-order valence-corrected chi connectivity index (χ0v) is 32.0. The maximum Gasteiger partial charge on any atom is 0.326 e. The molecule has 0 unspecified atom stereocenters. The second-order valence-electron chi connectivity index (χ2n) is 14.8. The van der Waals surface area contributed by atoms with E-state index in [4.69, 9.17) is 9.47 Å². The number of carboxylic acid groups (broad SMARTS) is 1. The van der Waals surface area contributed by atoms with Crippen LogP contribution in [0.1, 0.15) is 72.3 Å². The smallest absolute Gasteiger partial charge is 0.326 e. The summed E-state index contributed by atoms with van der Waals surface area (Å²) < 4.78 is 27.2. The minimum absolute atomic E-state index is 0.0173. The van der Waals surface area contributed by atoms with E-state index in [0.29, 0.717) is 32.4 Å². The number of ketones is 1. The van der Waals surface area contributed by atoms with Crippen LogP contribution >= 0.6 is 0 Å². The maximum absolute atomic E-state index is 15.3. The highest BCUT2D eigenvalue weighted by molar-refractivity contribution is 5.93. The van der Waals surface area contributed by atoms with Crippen LogP contribution in [0.5, 0.6) is 0 Å². The van der Waals surface area contributed by atoms with Crippen LogP contribution < -0.4 is 21.3 Å². The quantitative estimate of drug-likeness (QED) is 0.134. The molecule has 0 spiro atoms. The van der Waals surface area contributed by atoms with Gasteiger partial charge in [-0.2, -0.15) is 0 Å². The summed E-state index contributed by atoms with van der Waals surface area (Å²) in [6.07, 6.45) is -0.116. The van der Waals surface area contributed by atoms with E-state index in [1.807, 2.05) is 19.9 Å². The Hall–Kier alpha value is -3.46. The Bertz CT molecular complexity index is 1370. The van der Waals surface area contributed by atoms with Crippen LogP contribution in [-0.4, -0.2) is 122 Å². The summed E-state index contributed by atoms with van der Waals surface area (Å²) in [6, 6.07) is 6.18. The van der Waals surface area contributed by atoms with Crippen molar-refractivity contribution in [3.8, 4) is 0 Å². The van der Waals surface area contributed by atoms with Gasteiger partial charge in [0.1, 0.15) is 17.6 Å². The van der Waals surface area contributed by atoms with Crippen LogP contribution in [0.2, 0.25) is 0 Å². The monoisotopic (exact) mass is 733 g/mol. The van der Waals surface area contributed by atoms with Crippen LogP contribution in [0.3, 0.4) is 0 Å². The molecule has 3 amide bonds. The first kappa shape index (κ1) is 42.9. The number of halogens is 1. The van der Waals surface area contributed by atoms with Crippen LogP contribution in [0.4, 0.5) is 4.39 Å². The van der Waals surface area contributed by atoms with Crippen molar-refractivity contribution in [2.24, 2.45) is 17.8 Å². The van der Waals surface area contributed by atoms with Crippen molar-refractivity contribution < 1.29 is 42.9 Å². The van der Waals surface area contributed by atoms with E-state index in [-0.39, 0.29) is 43.4 Å². The van der Waals surface area contributed by atoms with Gasteiger partial charge < -0.3 is 40.7 Å². The van der Waals surface area contributed by atoms with Crippen LogP contribution in [0, 0.1) is 17.8 Å². The Balaban J connectivity index is 1.85. The second-order valence-corrected chi connectivity index (χ2v) is 14.8. The molecule has 0 saturated carbocycles. The molecule has 0 radical (unpaired) electrons. The fraction of sp³-hybridized carbons (Fsp3) is 0.711.